The summed E-state index contributed by atoms with van der Waals surface area (Å²) >= 11 is 0. The Morgan fingerprint density at radius 3 is 2.20 bits per heavy atom. The summed E-state index contributed by atoms with van der Waals surface area (Å²) < 4.78 is 64.9. The van der Waals surface area contributed by atoms with Crippen molar-refractivity contribution in [3.63, 3.8) is 0 Å². The minimum Gasteiger partial charge on any atom is -0.462 e. The van der Waals surface area contributed by atoms with Crippen molar-refractivity contribution in [3.8, 4) is 0 Å². The van der Waals surface area contributed by atoms with Crippen molar-refractivity contribution in [1.82, 2.24) is 4.72 Å². The fourth-order valence-electron chi connectivity index (χ4n) is 1.27. The summed E-state index contributed by atoms with van der Waals surface area (Å²) in [6.07, 6.45) is 0.290. The zero-order chi connectivity index (χ0) is 16.2. The van der Waals surface area contributed by atoms with Crippen LogP contribution in [0, 0.1) is 0 Å². The molecule has 0 saturated carbocycles. The molecule has 0 unspecified atom stereocenters. The predicted octanol–water partition coefficient (Wildman–Crippen LogP) is 2.10. The van der Waals surface area contributed by atoms with E-state index in [1.807, 2.05) is 0 Å². The van der Waals surface area contributed by atoms with Gasteiger partial charge in [-0.2, -0.15) is 13.2 Å². The molecule has 0 amide bonds. The van der Waals surface area contributed by atoms with Crippen LogP contribution in [0.2, 0.25) is 0 Å². The van der Waals surface area contributed by atoms with Crippen LogP contribution in [0.25, 0.3) is 0 Å². The monoisotopic (exact) mass is 317 g/mol. The van der Waals surface area contributed by atoms with Crippen LogP contribution < -0.4 is 4.72 Å². The molecule has 0 aromatic rings. The number of hydrogen-bond donors (Lipinski definition) is 1. The lowest BCUT2D eigenvalue weighted by molar-refractivity contribution is -0.139. The van der Waals surface area contributed by atoms with Crippen molar-refractivity contribution in [3.05, 3.63) is 12.2 Å². The molecule has 9 heteroatoms. The van der Waals surface area contributed by atoms with Gasteiger partial charge in [0.2, 0.25) is 0 Å². The second-order valence-electron chi connectivity index (χ2n) is 4.95. The zero-order valence-electron chi connectivity index (χ0n) is 11.5. The molecule has 0 atom stereocenters. The molecular weight excluding hydrogens is 299 g/mol. The molecule has 1 N–H and O–H groups in total. The molecule has 0 rings (SSSR count). The molecule has 0 aromatic heterocycles. The Kier molecular flexibility index (Phi) is 6.22. The lowest BCUT2D eigenvalue weighted by atomic mass is 10.0. The van der Waals surface area contributed by atoms with E-state index in [0.29, 0.717) is 0 Å². The molecule has 0 fully saturated rings. The minimum atomic E-state index is -5.39. The van der Waals surface area contributed by atoms with Gasteiger partial charge in [-0.1, -0.05) is 6.58 Å². The van der Waals surface area contributed by atoms with Gasteiger partial charge < -0.3 is 4.74 Å². The molecule has 0 aromatic carbocycles. The highest BCUT2D eigenvalue weighted by molar-refractivity contribution is 7.90. The van der Waals surface area contributed by atoms with E-state index in [2.05, 4.69) is 6.58 Å². The fraction of sp³-hybridized carbons (Fsp3) is 0.727. The van der Waals surface area contributed by atoms with Crippen molar-refractivity contribution in [2.45, 2.75) is 44.7 Å². The highest BCUT2D eigenvalue weighted by Gasteiger charge is 2.48. The number of ether oxygens (including phenoxy) is 1. The van der Waals surface area contributed by atoms with Crippen LogP contribution in [0.3, 0.4) is 0 Å². The Balaban J connectivity index is 4.35. The van der Waals surface area contributed by atoms with E-state index in [4.69, 9.17) is 4.74 Å². The van der Waals surface area contributed by atoms with E-state index in [-0.39, 0.29) is 25.0 Å². The second kappa shape index (κ2) is 6.57. The van der Waals surface area contributed by atoms with E-state index < -0.39 is 27.0 Å². The van der Waals surface area contributed by atoms with Gasteiger partial charge in [-0.15, -0.1) is 0 Å². The third kappa shape index (κ3) is 6.38. The Bertz CT molecular complexity index is 469. The second-order valence-corrected chi connectivity index (χ2v) is 6.63. The molecule has 118 valence electrons. The molecular formula is C11H18F3NO4S. The van der Waals surface area contributed by atoms with Crippen molar-refractivity contribution in [1.29, 1.82) is 0 Å². The van der Waals surface area contributed by atoms with E-state index in [1.54, 1.807) is 4.72 Å². The van der Waals surface area contributed by atoms with Gasteiger partial charge >= 0.3 is 21.5 Å². The lowest BCUT2D eigenvalue weighted by Gasteiger charge is -2.26. The largest absolute Gasteiger partial charge is 0.511 e. The van der Waals surface area contributed by atoms with Gasteiger partial charge in [0.1, 0.15) is 0 Å². The summed E-state index contributed by atoms with van der Waals surface area (Å²) in [6.45, 7) is 7.44. The fourth-order valence-corrected chi connectivity index (χ4v) is 2.22. The van der Waals surface area contributed by atoms with Crippen LogP contribution in [0.5, 0.6) is 0 Å². The molecule has 0 aliphatic carbocycles. The van der Waals surface area contributed by atoms with Crippen molar-refractivity contribution in [2.75, 3.05) is 6.61 Å². The molecule has 0 aliphatic heterocycles. The molecule has 0 radical (unpaired) electrons. The number of carbonyl (C=O) groups is 1. The van der Waals surface area contributed by atoms with Gasteiger partial charge in [-0.25, -0.2) is 17.9 Å². The van der Waals surface area contributed by atoms with Crippen LogP contribution in [0.1, 0.15) is 33.6 Å². The summed E-state index contributed by atoms with van der Waals surface area (Å²) in [7, 11) is -5.39. The predicted molar refractivity (Wildman–Crippen MR) is 67.2 cm³/mol. The Labute approximate surface area is 116 Å². The van der Waals surface area contributed by atoms with Crippen LogP contribution in [0.15, 0.2) is 12.2 Å². The number of rotatable bonds is 7. The maximum Gasteiger partial charge on any atom is 0.511 e. The average Bonchev–Trinajstić information content (AvgIpc) is 2.20. The summed E-state index contributed by atoms with van der Waals surface area (Å²) in [4.78, 5) is 11.0. The lowest BCUT2D eigenvalue weighted by Crippen LogP contribution is -2.48. The average molecular weight is 317 g/mol. The van der Waals surface area contributed by atoms with Gasteiger partial charge in [0.05, 0.1) is 6.61 Å². The van der Waals surface area contributed by atoms with E-state index in [0.717, 1.165) is 0 Å². The molecule has 0 heterocycles. The molecule has 0 bridgehead atoms. The highest BCUT2D eigenvalue weighted by Crippen LogP contribution is 2.25. The number of nitrogens with one attached hydrogen (secondary N) is 1. The first kappa shape index (κ1) is 18.9. The molecule has 20 heavy (non-hydrogen) atoms. The number of sulfonamides is 1. The van der Waals surface area contributed by atoms with E-state index >= 15 is 0 Å². The first-order valence-corrected chi connectivity index (χ1v) is 7.20. The third-order valence-electron chi connectivity index (χ3n) is 2.24. The van der Waals surface area contributed by atoms with Crippen LogP contribution in [0.4, 0.5) is 13.2 Å². The van der Waals surface area contributed by atoms with Gasteiger partial charge in [-0.05, 0) is 33.6 Å². The van der Waals surface area contributed by atoms with Gasteiger partial charge in [-0.3, -0.25) is 0 Å². The minimum absolute atomic E-state index is 0.0249. The molecule has 5 nitrogen and oxygen atoms in total. The highest BCUT2D eigenvalue weighted by atomic mass is 32.2. The van der Waals surface area contributed by atoms with Gasteiger partial charge in [0, 0.05) is 11.1 Å². The van der Waals surface area contributed by atoms with Crippen molar-refractivity contribution < 1.29 is 31.1 Å². The maximum atomic E-state index is 12.2. The topological polar surface area (TPSA) is 72.5 Å². The summed E-state index contributed by atoms with van der Waals surface area (Å²) in [5.74, 6) is -0.598. The van der Waals surface area contributed by atoms with Gasteiger partial charge in [0.15, 0.2) is 0 Å². The quantitative estimate of drug-likeness (QED) is 0.443. The summed E-state index contributed by atoms with van der Waals surface area (Å²) in [6, 6.07) is 0. The first-order valence-electron chi connectivity index (χ1n) is 5.71. The van der Waals surface area contributed by atoms with E-state index in [9.17, 15) is 26.4 Å². The zero-order valence-corrected chi connectivity index (χ0v) is 12.3. The number of esters is 1. The number of alkyl halides is 3. The SMILES string of the molecule is C=C(C)C(=O)OCCCC(C)(C)NS(=O)(=O)C(F)(F)F. The Morgan fingerprint density at radius 1 is 1.30 bits per heavy atom. The van der Waals surface area contributed by atoms with Crippen LogP contribution in [-0.2, 0) is 19.6 Å². The van der Waals surface area contributed by atoms with Gasteiger partial charge in [0.25, 0.3) is 0 Å². The van der Waals surface area contributed by atoms with E-state index in [1.165, 1.54) is 20.8 Å². The Morgan fingerprint density at radius 2 is 1.80 bits per heavy atom. The molecule has 0 spiro atoms. The van der Waals surface area contributed by atoms with Crippen molar-refractivity contribution >= 4 is 16.0 Å². The summed E-state index contributed by atoms with van der Waals surface area (Å²) in [5, 5.41) is 0. The maximum absolute atomic E-state index is 12.2. The van der Waals surface area contributed by atoms with Crippen LogP contribution in [-0.4, -0.2) is 32.0 Å². The number of carbonyl (C=O) groups excluding carboxylic acids is 1. The first-order chi connectivity index (χ1) is 8.78. The van der Waals surface area contributed by atoms with Crippen molar-refractivity contribution in [2.24, 2.45) is 0 Å². The number of halogens is 3. The smallest absolute Gasteiger partial charge is 0.462 e. The molecule has 0 saturated heterocycles. The third-order valence-corrected chi connectivity index (χ3v) is 3.67. The van der Waals surface area contributed by atoms with Crippen LogP contribution >= 0.6 is 0 Å². The summed E-state index contributed by atoms with van der Waals surface area (Å²) in [5.41, 5.74) is -6.44. The molecule has 0 aliphatic rings. The number of hydrogen-bond acceptors (Lipinski definition) is 4. The standard InChI is InChI=1S/C11H18F3NO4S/c1-8(2)9(16)19-7-5-6-10(3,4)15-20(17,18)11(12,13)14/h15H,1,5-7H2,2-4H3. The Hall–Kier alpha value is -1.09. The normalized spacial score (nSPS) is 13.1.